The number of carboxylic acids is 1. The monoisotopic (exact) mass is 258 g/mol. The summed E-state index contributed by atoms with van der Waals surface area (Å²) in [5.74, 6) is -0.240. The molecule has 106 valence electrons. The van der Waals surface area contributed by atoms with Gasteiger partial charge in [-0.2, -0.15) is 0 Å². The largest absolute Gasteiger partial charge is 0.480 e. The topological polar surface area (TPSA) is 69.6 Å². The Kier molecular flexibility index (Phi) is 7.39. The number of carbonyl (C=O) groups is 2. The van der Waals surface area contributed by atoms with Gasteiger partial charge in [0.15, 0.2) is 0 Å². The molecule has 0 rings (SSSR count). The van der Waals surface area contributed by atoms with Crippen LogP contribution in [0.4, 0.5) is 4.79 Å². The van der Waals surface area contributed by atoms with Gasteiger partial charge in [-0.05, 0) is 25.2 Å². The molecule has 0 aromatic rings. The number of urea groups is 1. The van der Waals surface area contributed by atoms with E-state index < -0.39 is 5.97 Å². The quantitative estimate of drug-likeness (QED) is 0.735. The summed E-state index contributed by atoms with van der Waals surface area (Å²) in [4.78, 5) is 24.0. The molecule has 2 N–H and O–H groups in total. The second-order valence-electron chi connectivity index (χ2n) is 5.65. The molecule has 0 bridgehead atoms. The Labute approximate surface area is 110 Å². The van der Waals surface area contributed by atoms with E-state index in [1.165, 1.54) is 4.90 Å². The van der Waals surface area contributed by atoms with E-state index >= 15 is 0 Å². The number of nitrogens with zero attached hydrogens (tertiary/aromatic N) is 1. The molecule has 0 aliphatic rings. The SMILES string of the molecule is CC(C)CC(C)NC(=O)N(CC(=O)O)CC(C)C. The number of rotatable bonds is 7. The highest BCUT2D eigenvalue weighted by molar-refractivity contribution is 5.80. The van der Waals surface area contributed by atoms with Gasteiger partial charge in [-0.15, -0.1) is 0 Å². The maximum atomic E-state index is 12.0. The lowest BCUT2D eigenvalue weighted by atomic mass is 10.1. The molecule has 0 aromatic carbocycles. The first-order valence-electron chi connectivity index (χ1n) is 6.49. The average molecular weight is 258 g/mol. The first-order chi connectivity index (χ1) is 8.22. The molecule has 5 nitrogen and oxygen atoms in total. The molecule has 0 aromatic heterocycles. The van der Waals surface area contributed by atoms with Crippen LogP contribution in [0.1, 0.15) is 41.0 Å². The first-order valence-corrected chi connectivity index (χ1v) is 6.49. The summed E-state index contributed by atoms with van der Waals surface area (Å²) in [6.45, 7) is 10.2. The highest BCUT2D eigenvalue weighted by Crippen LogP contribution is 2.05. The lowest BCUT2D eigenvalue weighted by molar-refractivity contribution is -0.137. The van der Waals surface area contributed by atoms with Crippen LogP contribution in [-0.2, 0) is 4.79 Å². The van der Waals surface area contributed by atoms with E-state index in [2.05, 4.69) is 19.2 Å². The lowest BCUT2D eigenvalue weighted by Gasteiger charge is -2.25. The number of hydrogen-bond donors (Lipinski definition) is 2. The predicted octanol–water partition coefficient (Wildman–Crippen LogP) is 2.17. The highest BCUT2D eigenvalue weighted by Gasteiger charge is 2.19. The van der Waals surface area contributed by atoms with Gasteiger partial charge in [0.2, 0.25) is 0 Å². The van der Waals surface area contributed by atoms with Crippen LogP contribution < -0.4 is 5.32 Å². The molecule has 0 aliphatic carbocycles. The van der Waals surface area contributed by atoms with Crippen LogP contribution in [0.25, 0.3) is 0 Å². The minimum Gasteiger partial charge on any atom is -0.480 e. The smallest absolute Gasteiger partial charge is 0.323 e. The standard InChI is InChI=1S/C13H26N2O3/c1-9(2)6-11(5)14-13(18)15(7-10(3)4)8-12(16)17/h9-11H,6-8H2,1-5H3,(H,14,18)(H,16,17). The number of hydrogen-bond acceptors (Lipinski definition) is 2. The third-order valence-corrected chi connectivity index (χ3v) is 2.39. The van der Waals surface area contributed by atoms with Gasteiger partial charge >= 0.3 is 12.0 Å². The number of amides is 2. The normalized spacial score (nSPS) is 12.6. The summed E-state index contributed by atoms with van der Waals surface area (Å²) in [5, 5.41) is 11.6. The van der Waals surface area contributed by atoms with Crippen LogP contribution in [0.5, 0.6) is 0 Å². The van der Waals surface area contributed by atoms with Gasteiger partial charge in [-0.25, -0.2) is 4.79 Å². The number of nitrogens with one attached hydrogen (secondary N) is 1. The first kappa shape index (κ1) is 16.7. The van der Waals surface area contributed by atoms with Crippen molar-refractivity contribution in [1.82, 2.24) is 10.2 Å². The summed E-state index contributed by atoms with van der Waals surface area (Å²) in [7, 11) is 0. The van der Waals surface area contributed by atoms with E-state index in [1.807, 2.05) is 20.8 Å². The van der Waals surface area contributed by atoms with Gasteiger partial charge in [-0.1, -0.05) is 27.7 Å². The molecular weight excluding hydrogens is 232 g/mol. The van der Waals surface area contributed by atoms with E-state index in [4.69, 9.17) is 5.11 Å². The fourth-order valence-electron chi connectivity index (χ4n) is 1.89. The Balaban J connectivity index is 4.40. The van der Waals surface area contributed by atoms with Crippen molar-refractivity contribution in [1.29, 1.82) is 0 Å². The van der Waals surface area contributed by atoms with Crippen LogP contribution in [0.3, 0.4) is 0 Å². The maximum Gasteiger partial charge on any atom is 0.323 e. The average Bonchev–Trinajstić information content (AvgIpc) is 2.13. The highest BCUT2D eigenvalue weighted by atomic mass is 16.4. The summed E-state index contributed by atoms with van der Waals surface area (Å²) in [6, 6.07) is -0.236. The van der Waals surface area contributed by atoms with Gasteiger partial charge in [0, 0.05) is 12.6 Å². The van der Waals surface area contributed by atoms with Crippen molar-refractivity contribution in [3.05, 3.63) is 0 Å². The van der Waals surface area contributed by atoms with Crippen LogP contribution in [0.2, 0.25) is 0 Å². The van der Waals surface area contributed by atoms with Crippen LogP contribution in [-0.4, -0.2) is 41.1 Å². The van der Waals surface area contributed by atoms with E-state index in [0.717, 1.165) is 6.42 Å². The molecule has 5 heteroatoms. The minimum absolute atomic E-state index is 0.0564. The van der Waals surface area contributed by atoms with E-state index in [1.54, 1.807) is 0 Å². The van der Waals surface area contributed by atoms with E-state index in [-0.39, 0.29) is 24.5 Å². The molecule has 0 heterocycles. The van der Waals surface area contributed by atoms with Crippen molar-refractivity contribution in [3.8, 4) is 0 Å². The van der Waals surface area contributed by atoms with Crippen molar-refractivity contribution in [2.45, 2.75) is 47.1 Å². The van der Waals surface area contributed by atoms with Gasteiger partial charge in [0.05, 0.1) is 0 Å². The molecule has 0 fully saturated rings. The van der Waals surface area contributed by atoms with Gasteiger partial charge < -0.3 is 15.3 Å². The lowest BCUT2D eigenvalue weighted by Crippen LogP contribution is -2.47. The maximum absolute atomic E-state index is 12.0. The molecule has 0 radical (unpaired) electrons. The van der Waals surface area contributed by atoms with Crippen LogP contribution >= 0.6 is 0 Å². The fourth-order valence-corrected chi connectivity index (χ4v) is 1.89. The van der Waals surface area contributed by atoms with E-state index in [9.17, 15) is 9.59 Å². The van der Waals surface area contributed by atoms with Gasteiger partial charge in [-0.3, -0.25) is 4.79 Å². The molecule has 0 saturated carbocycles. The molecule has 1 unspecified atom stereocenters. The van der Waals surface area contributed by atoms with Crippen molar-refractivity contribution < 1.29 is 14.7 Å². The fraction of sp³-hybridized carbons (Fsp3) is 0.846. The van der Waals surface area contributed by atoms with E-state index in [0.29, 0.717) is 12.5 Å². The summed E-state index contributed by atoms with van der Waals surface area (Å²) in [5.41, 5.74) is 0. The molecule has 2 amide bonds. The molecule has 0 aliphatic heterocycles. The number of aliphatic carboxylic acids is 1. The summed E-state index contributed by atoms with van der Waals surface area (Å²) < 4.78 is 0. The Morgan fingerprint density at radius 3 is 2.06 bits per heavy atom. The minimum atomic E-state index is -0.984. The van der Waals surface area contributed by atoms with Gasteiger partial charge in [0.1, 0.15) is 6.54 Å². The van der Waals surface area contributed by atoms with Crippen LogP contribution in [0, 0.1) is 11.8 Å². The molecular formula is C13H26N2O3. The number of carboxylic acid groups (broad SMARTS) is 1. The molecule has 1 atom stereocenters. The number of carbonyl (C=O) groups excluding carboxylic acids is 1. The molecule has 0 saturated heterocycles. The van der Waals surface area contributed by atoms with Crippen molar-refractivity contribution in [2.24, 2.45) is 11.8 Å². The van der Waals surface area contributed by atoms with Crippen molar-refractivity contribution in [2.75, 3.05) is 13.1 Å². The molecule has 0 spiro atoms. The Hall–Kier alpha value is -1.26. The Morgan fingerprint density at radius 1 is 1.11 bits per heavy atom. The second-order valence-corrected chi connectivity index (χ2v) is 5.65. The Bertz CT molecular complexity index is 277. The summed E-state index contributed by atoms with van der Waals surface area (Å²) >= 11 is 0. The van der Waals surface area contributed by atoms with Crippen molar-refractivity contribution >= 4 is 12.0 Å². The summed E-state index contributed by atoms with van der Waals surface area (Å²) in [6.07, 6.45) is 0.883. The molecule has 18 heavy (non-hydrogen) atoms. The third kappa shape index (κ3) is 7.92. The third-order valence-electron chi connectivity index (χ3n) is 2.39. The van der Waals surface area contributed by atoms with Crippen LogP contribution in [0.15, 0.2) is 0 Å². The zero-order chi connectivity index (χ0) is 14.3. The zero-order valence-electron chi connectivity index (χ0n) is 12.1. The second kappa shape index (κ2) is 7.95. The predicted molar refractivity (Wildman–Crippen MR) is 71.5 cm³/mol. The Morgan fingerprint density at radius 2 is 1.67 bits per heavy atom. The zero-order valence-corrected chi connectivity index (χ0v) is 12.1. The van der Waals surface area contributed by atoms with Crippen molar-refractivity contribution in [3.63, 3.8) is 0 Å². The van der Waals surface area contributed by atoms with Gasteiger partial charge in [0.25, 0.3) is 0 Å².